The Balaban J connectivity index is 1.50. The number of hydrogen-bond donors (Lipinski definition) is 1. The molecule has 2 atom stereocenters. The van der Waals surface area contributed by atoms with Crippen molar-refractivity contribution in [1.82, 2.24) is 19.6 Å². The van der Waals surface area contributed by atoms with Crippen LogP contribution in [0.2, 0.25) is 0 Å². The molecule has 0 spiro atoms. The average molecular weight is 334 g/mol. The van der Waals surface area contributed by atoms with Crippen molar-refractivity contribution in [1.29, 1.82) is 0 Å². The molecule has 2 heterocycles. The van der Waals surface area contributed by atoms with Gasteiger partial charge in [-0.1, -0.05) is 26.2 Å². The third-order valence-corrected chi connectivity index (χ3v) is 5.91. The van der Waals surface area contributed by atoms with Crippen LogP contribution >= 0.6 is 0 Å². The van der Waals surface area contributed by atoms with E-state index in [0.717, 1.165) is 43.7 Å². The Bertz CT molecular complexity index is 563. The molecule has 0 aromatic carbocycles. The van der Waals surface area contributed by atoms with Crippen LogP contribution in [0.4, 0.5) is 0 Å². The summed E-state index contributed by atoms with van der Waals surface area (Å²) < 4.78 is 1.69. The second-order valence-electron chi connectivity index (χ2n) is 7.53. The van der Waals surface area contributed by atoms with Crippen LogP contribution in [0.15, 0.2) is 6.20 Å². The maximum Gasteiger partial charge on any atom is 0.339 e. The zero-order valence-corrected chi connectivity index (χ0v) is 14.9. The summed E-state index contributed by atoms with van der Waals surface area (Å²) in [6, 6.07) is 0. The average Bonchev–Trinajstić information content (AvgIpc) is 2.92. The molecule has 134 valence electrons. The molecule has 1 aliphatic heterocycles. The lowest BCUT2D eigenvalue weighted by molar-refractivity contribution is 0.0689. The van der Waals surface area contributed by atoms with E-state index < -0.39 is 5.97 Å². The monoisotopic (exact) mass is 334 g/mol. The highest BCUT2D eigenvalue weighted by atomic mass is 16.4. The maximum atomic E-state index is 11.3. The lowest BCUT2D eigenvalue weighted by Crippen LogP contribution is -2.48. The van der Waals surface area contributed by atoms with Gasteiger partial charge in [-0.2, -0.15) is 5.10 Å². The number of aryl methyl sites for hydroxylation is 1. The summed E-state index contributed by atoms with van der Waals surface area (Å²) in [4.78, 5) is 16.3. The molecule has 6 nitrogen and oxygen atoms in total. The van der Waals surface area contributed by atoms with Gasteiger partial charge >= 0.3 is 5.97 Å². The smallest absolute Gasteiger partial charge is 0.339 e. The van der Waals surface area contributed by atoms with Crippen LogP contribution in [-0.4, -0.2) is 63.4 Å². The third kappa shape index (κ3) is 3.98. The van der Waals surface area contributed by atoms with E-state index in [9.17, 15) is 9.90 Å². The molecule has 0 radical (unpaired) electrons. The predicted molar refractivity (Wildman–Crippen MR) is 93.0 cm³/mol. The first kappa shape index (κ1) is 17.4. The molecule has 2 aliphatic rings. The summed E-state index contributed by atoms with van der Waals surface area (Å²) in [5.41, 5.74) is 1.13. The summed E-state index contributed by atoms with van der Waals surface area (Å²) >= 11 is 0. The SMILES string of the molecule is CC1CCCCC1CN1CCN(Cc2c(C(=O)O)cnn2C)CC1. The van der Waals surface area contributed by atoms with E-state index in [2.05, 4.69) is 21.8 Å². The van der Waals surface area contributed by atoms with Gasteiger partial charge in [0.05, 0.1) is 11.9 Å². The number of rotatable bonds is 5. The van der Waals surface area contributed by atoms with Crippen molar-refractivity contribution < 1.29 is 9.90 Å². The molecule has 0 amide bonds. The van der Waals surface area contributed by atoms with E-state index in [0.29, 0.717) is 12.1 Å². The number of piperazine rings is 1. The number of carbonyl (C=O) groups is 1. The normalized spacial score (nSPS) is 26.6. The Morgan fingerprint density at radius 2 is 1.88 bits per heavy atom. The van der Waals surface area contributed by atoms with Crippen LogP contribution in [0.1, 0.15) is 48.7 Å². The minimum absolute atomic E-state index is 0.330. The molecular weight excluding hydrogens is 304 g/mol. The first-order valence-corrected chi connectivity index (χ1v) is 9.23. The lowest BCUT2D eigenvalue weighted by atomic mass is 9.80. The molecule has 1 N–H and O–H groups in total. The first-order chi connectivity index (χ1) is 11.5. The predicted octanol–water partition coefficient (Wildman–Crippen LogP) is 2.06. The van der Waals surface area contributed by atoms with E-state index in [4.69, 9.17) is 0 Å². The first-order valence-electron chi connectivity index (χ1n) is 9.23. The second kappa shape index (κ2) is 7.66. The van der Waals surface area contributed by atoms with Gasteiger partial charge in [0.2, 0.25) is 0 Å². The number of carboxylic acids is 1. The largest absolute Gasteiger partial charge is 0.478 e. The van der Waals surface area contributed by atoms with Gasteiger partial charge in [0.15, 0.2) is 0 Å². The Hall–Kier alpha value is -1.40. The van der Waals surface area contributed by atoms with Crippen molar-refractivity contribution >= 4 is 5.97 Å². The van der Waals surface area contributed by atoms with Gasteiger partial charge < -0.3 is 10.0 Å². The van der Waals surface area contributed by atoms with Crippen molar-refractivity contribution in [3.63, 3.8) is 0 Å². The molecular formula is C18H30N4O2. The van der Waals surface area contributed by atoms with Gasteiger partial charge in [-0.15, -0.1) is 0 Å². The van der Waals surface area contributed by atoms with Gasteiger partial charge in [0.1, 0.15) is 5.56 Å². The van der Waals surface area contributed by atoms with Crippen LogP contribution in [0.25, 0.3) is 0 Å². The summed E-state index contributed by atoms with van der Waals surface area (Å²) in [5.74, 6) is 0.841. The highest BCUT2D eigenvalue weighted by Crippen LogP contribution is 2.30. The molecule has 2 fully saturated rings. The molecule has 1 saturated heterocycles. The number of hydrogen-bond acceptors (Lipinski definition) is 4. The third-order valence-electron chi connectivity index (χ3n) is 5.91. The molecule has 2 unspecified atom stereocenters. The molecule has 3 rings (SSSR count). The minimum atomic E-state index is -0.886. The maximum absolute atomic E-state index is 11.3. The summed E-state index contributed by atoms with van der Waals surface area (Å²) in [7, 11) is 1.82. The van der Waals surface area contributed by atoms with Crippen LogP contribution in [-0.2, 0) is 13.6 Å². The molecule has 6 heteroatoms. The molecule has 1 aromatic rings. The Labute approximate surface area is 144 Å². The van der Waals surface area contributed by atoms with E-state index in [-0.39, 0.29) is 0 Å². The van der Waals surface area contributed by atoms with Gasteiger partial charge in [0.25, 0.3) is 0 Å². The summed E-state index contributed by atoms with van der Waals surface area (Å²) in [6.45, 7) is 8.51. The molecule has 1 aromatic heterocycles. The van der Waals surface area contributed by atoms with Crippen LogP contribution in [0, 0.1) is 11.8 Å². The molecule has 0 bridgehead atoms. The van der Waals surface area contributed by atoms with Crippen molar-refractivity contribution in [2.24, 2.45) is 18.9 Å². The molecule has 1 saturated carbocycles. The van der Waals surface area contributed by atoms with Gasteiger partial charge in [-0.3, -0.25) is 9.58 Å². The topological polar surface area (TPSA) is 61.6 Å². The Morgan fingerprint density at radius 3 is 2.54 bits per heavy atom. The van der Waals surface area contributed by atoms with E-state index >= 15 is 0 Å². The number of carboxylic acid groups (broad SMARTS) is 1. The number of aromatic nitrogens is 2. The fraction of sp³-hybridized carbons (Fsp3) is 0.778. The highest BCUT2D eigenvalue weighted by Gasteiger charge is 2.26. The van der Waals surface area contributed by atoms with Crippen molar-refractivity contribution in [2.75, 3.05) is 32.7 Å². The Morgan fingerprint density at radius 1 is 1.21 bits per heavy atom. The molecule has 1 aliphatic carbocycles. The minimum Gasteiger partial charge on any atom is -0.478 e. The van der Waals surface area contributed by atoms with Crippen molar-refractivity contribution in [3.8, 4) is 0 Å². The van der Waals surface area contributed by atoms with Crippen molar-refractivity contribution in [2.45, 2.75) is 39.2 Å². The highest BCUT2D eigenvalue weighted by molar-refractivity contribution is 5.88. The summed E-state index contributed by atoms with van der Waals surface area (Å²) in [5, 5.41) is 13.4. The van der Waals surface area contributed by atoms with Crippen LogP contribution in [0.5, 0.6) is 0 Å². The fourth-order valence-electron chi connectivity index (χ4n) is 4.17. The van der Waals surface area contributed by atoms with E-state index in [1.54, 1.807) is 4.68 Å². The second-order valence-corrected chi connectivity index (χ2v) is 7.53. The standard InChI is InChI=1S/C18H30N4O2/c1-14-5-3-4-6-15(14)12-21-7-9-22(10-8-21)13-17-16(18(23)24)11-19-20(17)2/h11,14-15H,3-10,12-13H2,1-2H3,(H,23,24). The number of aromatic carboxylic acids is 1. The zero-order chi connectivity index (χ0) is 17.1. The van der Waals surface area contributed by atoms with Crippen molar-refractivity contribution in [3.05, 3.63) is 17.5 Å². The van der Waals surface area contributed by atoms with Crippen LogP contribution in [0.3, 0.4) is 0 Å². The zero-order valence-electron chi connectivity index (χ0n) is 14.9. The van der Waals surface area contributed by atoms with E-state index in [1.165, 1.54) is 38.4 Å². The fourth-order valence-corrected chi connectivity index (χ4v) is 4.17. The quantitative estimate of drug-likeness (QED) is 0.893. The number of nitrogens with zero attached hydrogens (tertiary/aromatic N) is 4. The Kier molecular flexibility index (Phi) is 5.56. The van der Waals surface area contributed by atoms with Gasteiger partial charge in [-0.05, 0) is 18.3 Å². The van der Waals surface area contributed by atoms with Gasteiger partial charge in [0, 0.05) is 46.3 Å². The van der Waals surface area contributed by atoms with Gasteiger partial charge in [-0.25, -0.2) is 4.79 Å². The van der Waals surface area contributed by atoms with Crippen LogP contribution < -0.4 is 0 Å². The van der Waals surface area contributed by atoms with E-state index in [1.807, 2.05) is 7.05 Å². The summed E-state index contributed by atoms with van der Waals surface area (Å²) in [6.07, 6.45) is 7.04. The lowest BCUT2D eigenvalue weighted by Gasteiger charge is -2.39. The molecule has 24 heavy (non-hydrogen) atoms.